The minimum atomic E-state index is -3.65. The van der Waals surface area contributed by atoms with Crippen LogP contribution in [0, 0.1) is 16.7 Å². The fourth-order valence-corrected chi connectivity index (χ4v) is 5.61. The Labute approximate surface area is 127 Å². The molecule has 0 aliphatic heterocycles. The van der Waals surface area contributed by atoms with E-state index >= 15 is 0 Å². The maximum Gasteiger partial charge on any atom is 0.304 e. The molecule has 2 aliphatic carbocycles. The van der Waals surface area contributed by atoms with Crippen LogP contribution in [0.3, 0.4) is 0 Å². The van der Waals surface area contributed by atoms with Crippen molar-refractivity contribution in [3.05, 3.63) is 0 Å². The molecule has 0 aromatic heterocycles. The molecule has 2 aliphatic rings. The molecule has 2 saturated carbocycles. The van der Waals surface area contributed by atoms with Crippen molar-refractivity contribution in [3.8, 4) is 0 Å². The normalized spacial score (nSPS) is 34.5. The molecule has 122 valence electrons. The van der Waals surface area contributed by atoms with Gasteiger partial charge in [0.25, 0.3) is 10.2 Å². The number of carbonyl (C=O) groups is 1. The summed E-state index contributed by atoms with van der Waals surface area (Å²) in [6.07, 6.45) is 3.08. The van der Waals surface area contributed by atoms with E-state index in [1.807, 2.05) is 0 Å². The minimum absolute atomic E-state index is 0.00880. The van der Waals surface area contributed by atoms with E-state index in [1.165, 1.54) is 7.05 Å². The summed E-state index contributed by atoms with van der Waals surface area (Å²) in [5.74, 6) is -0.441. The Morgan fingerprint density at radius 1 is 1.38 bits per heavy atom. The average Bonchev–Trinajstić information content (AvgIpc) is 2.83. The van der Waals surface area contributed by atoms with Gasteiger partial charge in [-0.15, -0.1) is 0 Å². The smallest absolute Gasteiger partial charge is 0.304 e. The Kier molecular flexibility index (Phi) is 4.14. The lowest BCUT2D eigenvalue weighted by atomic mass is 9.69. The SMILES string of the molecule is CN(CCC(=O)O)S(=O)(=O)NC1C2(C)CCC(C2)C1(C)C. The quantitative estimate of drug-likeness (QED) is 0.776. The number of carboxylic acids is 1. The monoisotopic (exact) mass is 318 g/mol. The fourth-order valence-electron chi connectivity index (χ4n) is 4.21. The van der Waals surface area contributed by atoms with Crippen LogP contribution >= 0.6 is 0 Å². The third-order valence-corrected chi connectivity index (χ3v) is 7.12. The zero-order valence-corrected chi connectivity index (χ0v) is 14.0. The molecule has 0 aromatic carbocycles. The van der Waals surface area contributed by atoms with Crippen LogP contribution in [-0.4, -0.2) is 43.4 Å². The second-order valence-electron chi connectivity index (χ2n) is 7.44. The highest BCUT2D eigenvalue weighted by molar-refractivity contribution is 7.87. The summed E-state index contributed by atoms with van der Waals surface area (Å²) in [6.45, 7) is 6.41. The van der Waals surface area contributed by atoms with E-state index in [9.17, 15) is 13.2 Å². The van der Waals surface area contributed by atoms with E-state index in [-0.39, 0.29) is 29.8 Å². The highest BCUT2D eigenvalue weighted by Gasteiger charge is 2.60. The van der Waals surface area contributed by atoms with Crippen molar-refractivity contribution in [1.82, 2.24) is 9.03 Å². The first-order chi connectivity index (χ1) is 9.49. The van der Waals surface area contributed by atoms with Crippen LogP contribution in [-0.2, 0) is 15.0 Å². The molecule has 7 heteroatoms. The first-order valence-electron chi connectivity index (χ1n) is 7.44. The number of aliphatic carboxylic acids is 1. The van der Waals surface area contributed by atoms with Gasteiger partial charge in [0.15, 0.2) is 0 Å². The molecule has 0 radical (unpaired) electrons. The van der Waals surface area contributed by atoms with Crippen molar-refractivity contribution in [2.24, 2.45) is 16.7 Å². The van der Waals surface area contributed by atoms with Crippen molar-refractivity contribution in [2.45, 2.75) is 52.5 Å². The Morgan fingerprint density at radius 3 is 2.48 bits per heavy atom. The molecule has 0 heterocycles. The summed E-state index contributed by atoms with van der Waals surface area (Å²) in [7, 11) is -2.23. The molecule has 0 saturated heterocycles. The van der Waals surface area contributed by atoms with E-state index in [2.05, 4.69) is 25.5 Å². The van der Waals surface area contributed by atoms with Gasteiger partial charge in [-0.2, -0.15) is 17.4 Å². The number of nitrogens with one attached hydrogen (secondary N) is 1. The van der Waals surface area contributed by atoms with Gasteiger partial charge in [0.2, 0.25) is 0 Å². The van der Waals surface area contributed by atoms with Gasteiger partial charge in [0.05, 0.1) is 6.42 Å². The third-order valence-electron chi connectivity index (χ3n) is 5.59. The highest BCUT2D eigenvalue weighted by atomic mass is 32.2. The average molecular weight is 318 g/mol. The molecule has 0 spiro atoms. The lowest BCUT2D eigenvalue weighted by Crippen LogP contribution is -2.55. The molecule has 2 fully saturated rings. The van der Waals surface area contributed by atoms with Crippen LogP contribution in [0.25, 0.3) is 0 Å². The lowest BCUT2D eigenvalue weighted by Gasteiger charge is -2.43. The van der Waals surface area contributed by atoms with Gasteiger partial charge >= 0.3 is 5.97 Å². The molecule has 21 heavy (non-hydrogen) atoms. The largest absolute Gasteiger partial charge is 0.481 e. The summed E-state index contributed by atoms with van der Waals surface area (Å²) in [4.78, 5) is 10.6. The van der Waals surface area contributed by atoms with Gasteiger partial charge in [-0.3, -0.25) is 4.79 Å². The predicted octanol–water partition coefficient (Wildman–Crippen LogP) is 1.44. The van der Waals surface area contributed by atoms with Gasteiger partial charge in [-0.1, -0.05) is 20.8 Å². The van der Waals surface area contributed by atoms with E-state index in [0.29, 0.717) is 5.92 Å². The number of fused-ring (bicyclic) bond motifs is 2. The van der Waals surface area contributed by atoms with Gasteiger partial charge in [-0.05, 0) is 36.0 Å². The standard InChI is InChI=1S/C14H26N2O4S/c1-13(2)10-5-7-14(3,9-10)12(13)15-21(19,20)16(4)8-6-11(17)18/h10,12,15H,5-9H2,1-4H3,(H,17,18). The van der Waals surface area contributed by atoms with Crippen molar-refractivity contribution in [3.63, 3.8) is 0 Å². The summed E-state index contributed by atoms with van der Waals surface area (Å²) >= 11 is 0. The summed E-state index contributed by atoms with van der Waals surface area (Å²) in [5.41, 5.74) is -0.0530. The molecule has 3 atom stereocenters. The lowest BCUT2D eigenvalue weighted by molar-refractivity contribution is -0.137. The first-order valence-corrected chi connectivity index (χ1v) is 8.88. The van der Waals surface area contributed by atoms with Crippen LogP contribution in [0.2, 0.25) is 0 Å². The highest BCUT2D eigenvalue weighted by Crippen LogP contribution is 2.62. The third kappa shape index (κ3) is 2.96. The zero-order valence-electron chi connectivity index (χ0n) is 13.2. The molecule has 2 N–H and O–H groups in total. The second kappa shape index (κ2) is 5.21. The van der Waals surface area contributed by atoms with E-state index in [0.717, 1.165) is 23.6 Å². The van der Waals surface area contributed by atoms with Crippen molar-refractivity contribution >= 4 is 16.2 Å². The van der Waals surface area contributed by atoms with Crippen molar-refractivity contribution in [1.29, 1.82) is 0 Å². The van der Waals surface area contributed by atoms with Crippen LogP contribution in [0.15, 0.2) is 0 Å². The Hall–Kier alpha value is -0.660. The molecule has 2 rings (SSSR count). The maximum absolute atomic E-state index is 12.4. The first kappa shape index (κ1) is 16.7. The van der Waals surface area contributed by atoms with E-state index in [4.69, 9.17) is 5.11 Å². The van der Waals surface area contributed by atoms with Gasteiger partial charge in [-0.25, -0.2) is 0 Å². The topological polar surface area (TPSA) is 86.7 Å². The number of carboxylic acid groups (broad SMARTS) is 1. The molecular formula is C14H26N2O4S. The minimum Gasteiger partial charge on any atom is -0.481 e. The van der Waals surface area contributed by atoms with Gasteiger partial charge in [0.1, 0.15) is 0 Å². The van der Waals surface area contributed by atoms with Crippen molar-refractivity contribution in [2.75, 3.05) is 13.6 Å². The maximum atomic E-state index is 12.4. The van der Waals surface area contributed by atoms with Crippen LogP contribution in [0.5, 0.6) is 0 Å². The second-order valence-corrected chi connectivity index (χ2v) is 9.25. The Balaban J connectivity index is 2.11. The van der Waals surface area contributed by atoms with Crippen LogP contribution in [0.4, 0.5) is 0 Å². The van der Waals surface area contributed by atoms with Crippen molar-refractivity contribution < 1.29 is 18.3 Å². The Bertz CT molecular complexity index is 526. The molecule has 0 amide bonds. The van der Waals surface area contributed by atoms with Crippen LogP contribution < -0.4 is 4.72 Å². The summed E-state index contributed by atoms with van der Waals surface area (Å²) in [6, 6.07) is -0.0963. The number of nitrogens with zero attached hydrogens (tertiary/aromatic N) is 1. The number of rotatable bonds is 6. The Morgan fingerprint density at radius 2 is 2.00 bits per heavy atom. The summed E-state index contributed by atoms with van der Waals surface area (Å²) < 4.78 is 28.8. The molecule has 0 aromatic rings. The number of hydrogen-bond acceptors (Lipinski definition) is 3. The molecule has 2 bridgehead atoms. The van der Waals surface area contributed by atoms with Gasteiger partial charge in [0, 0.05) is 19.6 Å². The van der Waals surface area contributed by atoms with E-state index in [1.54, 1.807) is 0 Å². The molecular weight excluding hydrogens is 292 g/mol. The number of hydrogen-bond donors (Lipinski definition) is 2. The fraction of sp³-hybridized carbons (Fsp3) is 0.929. The van der Waals surface area contributed by atoms with Gasteiger partial charge < -0.3 is 5.11 Å². The predicted molar refractivity (Wildman–Crippen MR) is 80.0 cm³/mol. The van der Waals surface area contributed by atoms with Crippen LogP contribution in [0.1, 0.15) is 46.5 Å². The molecule has 3 unspecified atom stereocenters. The zero-order chi connectivity index (χ0) is 16.1. The molecule has 6 nitrogen and oxygen atoms in total. The summed E-state index contributed by atoms with van der Waals surface area (Å²) in [5, 5.41) is 8.68. The van der Waals surface area contributed by atoms with E-state index < -0.39 is 16.2 Å².